The van der Waals surface area contributed by atoms with Crippen LogP contribution in [0, 0.1) is 0 Å². The summed E-state index contributed by atoms with van der Waals surface area (Å²) in [5.74, 6) is 0.642. The molecule has 128 valence electrons. The zero-order chi connectivity index (χ0) is 17.2. The van der Waals surface area contributed by atoms with E-state index in [1.807, 2.05) is 28.9 Å². The van der Waals surface area contributed by atoms with E-state index in [1.165, 1.54) is 0 Å². The Hall–Kier alpha value is -2.96. The lowest BCUT2D eigenvalue weighted by atomic mass is 10.0. The molecule has 0 aliphatic carbocycles. The van der Waals surface area contributed by atoms with Crippen molar-refractivity contribution in [2.75, 3.05) is 11.9 Å². The maximum atomic E-state index is 12.4. The van der Waals surface area contributed by atoms with E-state index < -0.39 is 0 Å². The average Bonchev–Trinajstić information content (AvgIpc) is 3.10. The molecule has 2 aromatic heterocycles. The minimum atomic E-state index is -0.361. The number of carbonyl (C=O) groups is 1. The zero-order valence-electron chi connectivity index (χ0n) is 14.0. The van der Waals surface area contributed by atoms with Gasteiger partial charge in [-0.1, -0.05) is 18.2 Å². The summed E-state index contributed by atoms with van der Waals surface area (Å²) in [7, 11) is 0. The van der Waals surface area contributed by atoms with E-state index in [4.69, 9.17) is 4.74 Å². The maximum absolute atomic E-state index is 12.4. The lowest BCUT2D eigenvalue weighted by Crippen LogP contribution is -2.32. The minimum Gasteiger partial charge on any atom is -0.462 e. The van der Waals surface area contributed by atoms with Crippen LogP contribution in [-0.2, 0) is 17.7 Å². The van der Waals surface area contributed by atoms with Gasteiger partial charge in [0, 0.05) is 24.0 Å². The molecule has 0 saturated heterocycles. The number of aryl methyl sites for hydroxylation is 1. The number of rotatable bonds is 4. The fourth-order valence-corrected chi connectivity index (χ4v) is 3.22. The third-order valence-electron chi connectivity index (χ3n) is 4.42. The summed E-state index contributed by atoms with van der Waals surface area (Å²) in [4.78, 5) is 21.0. The van der Waals surface area contributed by atoms with Gasteiger partial charge in [-0.15, -0.1) is 0 Å². The summed E-state index contributed by atoms with van der Waals surface area (Å²) >= 11 is 0. The molecule has 1 unspecified atom stereocenters. The first-order valence-electron chi connectivity index (χ1n) is 8.44. The fourth-order valence-electron chi connectivity index (χ4n) is 3.22. The monoisotopic (exact) mass is 337 g/mol. The fraction of sp³-hybridized carbons (Fsp3) is 0.333. The molecule has 7 heteroatoms. The maximum Gasteiger partial charge on any atom is 0.341 e. The van der Waals surface area contributed by atoms with Crippen LogP contribution in [0.25, 0.3) is 10.9 Å². The van der Waals surface area contributed by atoms with Gasteiger partial charge in [0.1, 0.15) is 17.7 Å². The van der Waals surface area contributed by atoms with Gasteiger partial charge >= 0.3 is 5.97 Å². The van der Waals surface area contributed by atoms with E-state index >= 15 is 0 Å². The second-order valence-corrected chi connectivity index (χ2v) is 6.02. The predicted octanol–water partition coefficient (Wildman–Crippen LogP) is 2.43. The third kappa shape index (κ3) is 2.93. The Bertz CT molecular complexity index is 921. The van der Waals surface area contributed by atoms with Crippen LogP contribution in [0.3, 0.4) is 0 Å². The topological polar surface area (TPSA) is 81.9 Å². The van der Waals surface area contributed by atoms with Crippen molar-refractivity contribution < 1.29 is 9.53 Å². The van der Waals surface area contributed by atoms with Crippen LogP contribution in [-0.4, -0.2) is 38.4 Å². The van der Waals surface area contributed by atoms with Gasteiger partial charge in [-0.3, -0.25) is 4.98 Å². The molecule has 3 heterocycles. The lowest BCUT2D eigenvalue weighted by molar-refractivity contribution is 0.0527. The molecule has 25 heavy (non-hydrogen) atoms. The highest BCUT2D eigenvalue weighted by Crippen LogP contribution is 2.28. The summed E-state index contributed by atoms with van der Waals surface area (Å²) in [6.45, 7) is 2.85. The normalized spacial score (nSPS) is 16.4. The van der Waals surface area contributed by atoms with E-state index in [0.29, 0.717) is 18.7 Å². The first kappa shape index (κ1) is 15.6. The molecule has 0 fully saturated rings. The molecule has 1 aliphatic rings. The number of pyridine rings is 1. The van der Waals surface area contributed by atoms with Crippen molar-refractivity contribution in [3.05, 3.63) is 48.2 Å². The van der Waals surface area contributed by atoms with Crippen LogP contribution < -0.4 is 5.32 Å². The van der Waals surface area contributed by atoms with E-state index in [0.717, 1.165) is 35.3 Å². The first-order valence-corrected chi connectivity index (χ1v) is 8.44. The van der Waals surface area contributed by atoms with Crippen LogP contribution >= 0.6 is 0 Å². The average molecular weight is 337 g/mol. The number of nitrogens with one attached hydrogen (secondary N) is 1. The number of nitrogens with zero attached hydrogens (tertiary/aromatic N) is 4. The number of benzene rings is 1. The van der Waals surface area contributed by atoms with Crippen molar-refractivity contribution >= 4 is 22.6 Å². The van der Waals surface area contributed by atoms with Crippen molar-refractivity contribution in [3.63, 3.8) is 0 Å². The molecule has 3 aromatic rings. The highest BCUT2D eigenvalue weighted by molar-refractivity contribution is 6.04. The van der Waals surface area contributed by atoms with Gasteiger partial charge in [0.15, 0.2) is 0 Å². The number of hydrogen-bond acceptors (Lipinski definition) is 6. The summed E-state index contributed by atoms with van der Waals surface area (Å²) in [5, 5.41) is 8.71. The Morgan fingerprint density at radius 2 is 2.24 bits per heavy atom. The number of carbonyl (C=O) groups excluding carboxylic acids is 1. The molecule has 7 nitrogen and oxygen atoms in total. The van der Waals surface area contributed by atoms with Crippen LogP contribution in [0.15, 0.2) is 36.8 Å². The molecule has 0 radical (unpaired) electrons. The van der Waals surface area contributed by atoms with Crippen molar-refractivity contribution in [1.29, 1.82) is 0 Å². The van der Waals surface area contributed by atoms with Crippen molar-refractivity contribution in [2.24, 2.45) is 0 Å². The van der Waals surface area contributed by atoms with Gasteiger partial charge in [-0.2, -0.15) is 5.10 Å². The number of fused-ring (bicyclic) bond motifs is 2. The largest absolute Gasteiger partial charge is 0.462 e. The third-order valence-corrected chi connectivity index (χ3v) is 4.42. The number of hydrogen-bond donors (Lipinski definition) is 1. The summed E-state index contributed by atoms with van der Waals surface area (Å²) < 4.78 is 7.12. The molecule has 4 rings (SSSR count). The minimum absolute atomic E-state index is 0.160. The Morgan fingerprint density at radius 1 is 1.36 bits per heavy atom. The molecule has 0 bridgehead atoms. The van der Waals surface area contributed by atoms with E-state index in [1.54, 1.807) is 19.4 Å². The molecule has 1 atom stereocenters. The molecule has 1 aromatic carbocycles. The first-order chi connectivity index (χ1) is 12.3. The van der Waals surface area contributed by atoms with Gasteiger partial charge in [-0.25, -0.2) is 14.5 Å². The van der Waals surface area contributed by atoms with Crippen LogP contribution in [0.5, 0.6) is 0 Å². The smallest absolute Gasteiger partial charge is 0.341 e. The predicted molar refractivity (Wildman–Crippen MR) is 93.5 cm³/mol. The molecular formula is C18H19N5O2. The highest BCUT2D eigenvalue weighted by atomic mass is 16.5. The second kappa shape index (κ2) is 6.51. The molecule has 0 spiro atoms. The lowest BCUT2D eigenvalue weighted by Gasteiger charge is -2.26. The SMILES string of the molecule is CCOC(=O)c1cnc2ccccc2c1NC1CCc2ncnn2C1. The van der Waals surface area contributed by atoms with Gasteiger partial charge < -0.3 is 10.1 Å². The Morgan fingerprint density at radius 3 is 3.12 bits per heavy atom. The number of ether oxygens (including phenoxy) is 1. The van der Waals surface area contributed by atoms with Crippen LogP contribution in [0.4, 0.5) is 5.69 Å². The van der Waals surface area contributed by atoms with E-state index in [9.17, 15) is 4.79 Å². The quantitative estimate of drug-likeness (QED) is 0.736. The van der Waals surface area contributed by atoms with E-state index in [2.05, 4.69) is 20.4 Å². The number of aromatic nitrogens is 4. The van der Waals surface area contributed by atoms with Gasteiger partial charge in [0.05, 0.1) is 24.4 Å². The van der Waals surface area contributed by atoms with Crippen LogP contribution in [0.2, 0.25) is 0 Å². The van der Waals surface area contributed by atoms with Gasteiger partial charge in [-0.05, 0) is 19.4 Å². The summed E-state index contributed by atoms with van der Waals surface area (Å²) in [5.41, 5.74) is 2.08. The summed E-state index contributed by atoms with van der Waals surface area (Å²) in [6, 6.07) is 7.95. The molecule has 0 saturated carbocycles. The molecule has 1 N–H and O–H groups in total. The van der Waals surface area contributed by atoms with Crippen LogP contribution in [0.1, 0.15) is 29.5 Å². The van der Waals surface area contributed by atoms with E-state index in [-0.39, 0.29) is 12.0 Å². The second-order valence-electron chi connectivity index (χ2n) is 6.02. The molecule has 1 aliphatic heterocycles. The van der Waals surface area contributed by atoms with Crippen molar-refractivity contribution in [2.45, 2.75) is 32.4 Å². The summed E-state index contributed by atoms with van der Waals surface area (Å²) in [6.07, 6.45) is 4.96. The highest BCUT2D eigenvalue weighted by Gasteiger charge is 2.23. The Labute approximate surface area is 145 Å². The van der Waals surface area contributed by atoms with Gasteiger partial charge in [0.2, 0.25) is 0 Å². The number of anilines is 1. The Kier molecular flexibility index (Phi) is 4.05. The van der Waals surface area contributed by atoms with Crippen molar-refractivity contribution in [1.82, 2.24) is 19.7 Å². The van der Waals surface area contributed by atoms with Crippen molar-refractivity contribution in [3.8, 4) is 0 Å². The standard InChI is InChI=1S/C18H19N5O2/c1-2-25-18(24)14-9-19-15-6-4-3-5-13(15)17(14)22-12-7-8-16-20-11-21-23(16)10-12/h3-6,9,11-12H,2,7-8,10H2,1H3,(H,19,22). The Balaban J connectivity index is 1.71. The molecular weight excluding hydrogens is 318 g/mol. The zero-order valence-corrected chi connectivity index (χ0v) is 14.0. The van der Waals surface area contributed by atoms with Gasteiger partial charge in [0.25, 0.3) is 0 Å². The number of para-hydroxylation sites is 1. The number of esters is 1. The molecule has 0 amide bonds.